The van der Waals surface area contributed by atoms with Crippen LogP contribution in [0.15, 0.2) is 78.9 Å². The van der Waals surface area contributed by atoms with Crippen LogP contribution in [0.2, 0.25) is 0 Å². The van der Waals surface area contributed by atoms with E-state index in [4.69, 9.17) is 9.47 Å². The summed E-state index contributed by atoms with van der Waals surface area (Å²) >= 11 is 0. The number of hydrogen-bond donors (Lipinski definition) is 3. The van der Waals surface area contributed by atoms with Crippen LogP contribution in [-0.2, 0) is 20.9 Å². The van der Waals surface area contributed by atoms with E-state index in [1.807, 2.05) is 66.7 Å². The maximum absolute atomic E-state index is 12.8. The van der Waals surface area contributed by atoms with E-state index in [1.54, 1.807) is 12.1 Å². The van der Waals surface area contributed by atoms with Gasteiger partial charge in [0.05, 0.1) is 6.04 Å². The first-order valence-electron chi connectivity index (χ1n) is 10.9. The third kappa shape index (κ3) is 5.53. The summed E-state index contributed by atoms with van der Waals surface area (Å²) in [5.41, 5.74) is 2.40. The first-order valence-corrected chi connectivity index (χ1v) is 10.9. The van der Waals surface area contributed by atoms with Crippen molar-refractivity contribution < 1.29 is 29.0 Å². The molecule has 0 fully saturated rings. The van der Waals surface area contributed by atoms with Crippen molar-refractivity contribution >= 4 is 18.0 Å². The van der Waals surface area contributed by atoms with Crippen LogP contribution in [0.3, 0.4) is 0 Å². The van der Waals surface area contributed by atoms with Crippen LogP contribution in [0.25, 0.3) is 0 Å². The Morgan fingerprint density at radius 3 is 2.09 bits per heavy atom. The number of nitrogens with one attached hydrogen (secondary N) is 2. The van der Waals surface area contributed by atoms with Gasteiger partial charge < -0.3 is 25.2 Å². The Morgan fingerprint density at radius 1 is 0.882 bits per heavy atom. The first kappa shape index (κ1) is 22.8. The Balaban J connectivity index is 1.35. The lowest BCUT2D eigenvalue weighted by Crippen LogP contribution is -2.42. The molecule has 1 atom stereocenters. The number of carboxylic acids is 1. The van der Waals surface area contributed by atoms with Crippen LogP contribution in [-0.4, -0.2) is 29.1 Å². The molecule has 0 radical (unpaired) electrons. The number of ether oxygens (including phenoxy) is 2. The highest BCUT2D eigenvalue weighted by molar-refractivity contribution is 5.82. The lowest BCUT2D eigenvalue weighted by Gasteiger charge is -2.29. The molecular weight excluding hydrogens is 436 g/mol. The fraction of sp³-hybridized carbons (Fsp3) is 0.192. The molecule has 3 aromatic rings. The molecule has 3 N–H and O–H groups in total. The van der Waals surface area contributed by atoms with Crippen LogP contribution in [0.4, 0.5) is 4.79 Å². The van der Waals surface area contributed by atoms with Gasteiger partial charge in [-0.05, 0) is 24.1 Å². The van der Waals surface area contributed by atoms with E-state index in [9.17, 15) is 19.5 Å². The van der Waals surface area contributed by atoms with E-state index in [0.29, 0.717) is 11.5 Å². The number of rotatable bonds is 8. The Kier molecular flexibility index (Phi) is 7.07. The molecule has 3 aromatic carbocycles. The number of hydrogen-bond acceptors (Lipinski definition) is 5. The zero-order chi connectivity index (χ0) is 23.9. The summed E-state index contributed by atoms with van der Waals surface area (Å²) < 4.78 is 11.0. The predicted molar refractivity (Wildman–Crippen MR) is 123 cm³/mol. The summed E-state index contributed by atoms with van der Waals surface area (Å²) in [6.45, 7) is 0.0159. The maximum atomic E-state index is 12.8. The fourth-order valence-electron chi connectivity index (χ4n) is 3.74. The predicted octanol–water partition coefficient (Wildman–Crippen LogP) is 4.16. The lowest BCUT2D eigenvalue weighted by atomic mass is 9.94. The smallest absolute Gasteiger partial charge is 0.408 e. The fourth-order valence-corrected chi connectivity index (χ4v) is 3.74. The number of para-hydroxylation sites is 2. The van der Waals surface area contributed by atoms with E-state index in [0.717, 1.165) is 16.7 Å². The van der Waals surface area contributed by atoms with Crippen molar-refractivity contribution in [3.8, 4) is 11.5 Å². The molecule has 0 spiro atoms. The normalized spacial score (nSPS) is 12.9. The molecule has 1 aliphatic heterocycles. The Hall–Kier alpha value is -4.33. The number of benzene rings is 3. The summed E-state index contributed by atoms with van der Waals surface area (Å²) in [7, 11) is 0. The molecule has 174 valence electrons. The first-order chi connectivity index (χ1) is 16.5. The molecule has 4 rings (SSSR count). The summed E-state index contributed by atoms with van der Waals surface area (Å²) in [5.74, 6) is -0.288. The standard InChI is InChI=1S/C26H24N2O6/c29-23(15-14-20(25(30)31)27-26(32)33-16-17-8-2-1-3-9-17)28-24-18-10-4-6-12-21(18)34-22-13-7-5-11-19(22)24/h1-13,20,24H,14-16H2,(H,27,32)(H,28,29)(H,30,31)/t20-/m1/s1. The molecule has 0 aliphatic carbocycles. The summed E-state index contributed by atoms with van der Waals surface area (Å²) in [6, 6.07) is 22.2. The SMILES string of the molecule is O=C(CC[C@@H](NC(=O)OCc1ccccc1)C(=O)O)NC1c2ccccc2Oc2ccccc21. The van der Waals surface area contributed by atoms with Crippen LogP contribution in [0, 0.1) is 0 Å². The molecule has 2 amide bonds. The highest BCUT2D eigenvalue weighted by Crippen LogP contribution is 2.42. The number of carbonyl (C=O) groups is 3. The maximum Gasteiger partial charge on any atom is 0.408 e. The summed E-state index contributed by atoms with van der Waals surface area (Å²) in [6.07, 6.45) is -1.05. The van der Waals surface area contributed by atoms with Crippen molar-refractivity contribution in [3.63, 3.8) is 0 Å². The molecule has 0 bridgehead atoms. The molecule has 0 aromatic heterocycles. The molecule has 34 heavy (non-hydrogen) atoms. The van der Waals surface area contributed by atoms with Gasteiger partial charge in [0.1, 0.15) is 24.1 Å². The second-order valence-corrected chi connectivity index (χ2v) is 7.81. The molecule has 8 nitrogen and oxygen atoms in total. The van der Waals surface area contributed by atoms with Gasteiger partial charge in [-0.3, -0.25) is 4.79 Å². The Bertz CT molecular complexity index is 1140. The quantitative estimate of drug-likeness (QED) is 0.465. The van der Waals surface area contributed by atoms with E-state index in [2.05, 4.69) is 10.6 Å². The third-order valence-corrected chi connectivity index (χ3v) is 5.45. The van der Waals surface area contributed by atoms with Crippen LogP contribution < -0.4 is 15.4 Å². The largest absolute Gasteiger partial charge is 0.480 e. The summed E-state index contributed by atoms with van der Waals surface area (Å²) in [5, 5.41) is 14.8. The van der Waals surface area contributed by atoms with Crippen LogP contribution >= 0.6 is 0 Å². The minimum atomic E-state index is -1.26. The van der Waals surface area contributed by atoms with Gasteiger partial charge in [-0.2, -0.15) is 0 Å². The third-order valence-electron chi connectivity index (χ3n) is 5.45. The zero-order valence-corrected chi connectivity index (χ0v) is 18.3. The van der Waals surface area contributed by atoms with Crippen molar-refractivity contribution in [1.29, 1.82) is 0 Å². The van der Waals surface area contributed by atoms with Gasteiger partial charge in [-0.25, -0.2) is 9.59 Å². The van der Waals surface area contributed by atoms with Gasteiger partial charge in [-0.1, -0.05) is 66.7 Å². The van der Waals surface area contributed by atoms with E-state index in [-0.39, 0.29) is 25.4 Å². The highest BCUT2D eigenvalue weighted by atomic mass is 16.5. The van der Waals surface area contributed by atoms with Gasteiger partial charge >= 0.3 is 12.1 Å². The molecule has 0 unspecified atom stereocenters. The molecule has 0 saturated carbocycles. The number of carbonyl (C=O) groups excluding carboxylic acids is 2. The van der Waals surface area contributed by atoms with Gasteiger partial charge in [-0.15, -0.1) is 0 Å². The van der Waals surface area contributed by atoms with Crippen molar-refractivity contribution in [1.82, 2.24) is 10.6 Å². The molecule has 1 aliphatic rings. The minimum Gasteiger partial charge on any atom is -0.480 e. The minimum absolute atomic E-state index is 0.0159. The van der Waals surface area contributed by atoms with E-state index >= 15 is 0 Å². The zero-order valence-electron chi connectivity index (χ0n) is 18.3. The molecule has 1 heterocycles. The van der Waals surface area contributed by atoms with Gasteiger partial charge in [0.2, 0.25) is 5.91 Å². The number of alkyl carbamates (subject to hydrolysis) is 1. The topological polar surface area (TPSA) is 114 Å². The van der Waals surface area contributed by atoms with E-state index < -0.39 is 24.1 Å². The van der Waals surface area contributed by atoms with Crippen molar-refractivity contribution in [2.75, 3.05) is 0 Å². The number of fused-ring (bicyclic) bond motifs is 2. The second kappa shape index (κ2) is 10.5. The van der Waals surface area contributed by atoms with Crippen molar-refractivity contribution in [3.05, 3.63) is 95.6 Å². The van der Waals surface area contributed by atoms with Gasteiger partial charge in [0, 0.05) is 17.5 Å². The Labute approximate surface area is 196 Å². The van der Waals surface area contributed by atoms with Crippen molar-refractivity contribution in [2.45, 2.75) is 31.5 Å². The molecule has 0 saturated heterocycles. The number of amides is 2. The van der Waals surface area contributed by atoms with Crippen LogP contribution in [0.1, 0.15) is 35.6 Å². The average molecular weight is 460 g/mol. The number of aliphatic carboxylic acids is 1. The van der Waals surface area contributed by atoms with Gasteiger partial charge in [0.15, 0.2) is 0 Å². The van der Waals surface area contributed by atoms with Gasteiger partial charge in [0.25, 0.3) is 0 Å². The highest BCUT2D eigenvalue weighted by Gasteiger charge is 2.29. The molecule has 8 heteroatoms. The monoisotopic (exact) mass is 460 g/mol. The number of carboxylic acid groups (broad SMARTS) is 1. The van der Waals surface area contributed by atoms with Crippen molar-refractivity contribution in [2.24, 2.45) is 0 Å². The summed E-state index contributed by atoms with van der Waals surface area (Å²) in [4.78, 5) is 36.4. The average Bonchev–Trinajstić information content (AvgIpc) is 2.85. The van der Waals surface area contributed by atoms with Crippen LogP contribution in [0.5, 0.6) is 11.5 Å². The van der Waals surface area contributed by atoms with E-state index in [1.165, 1.54) is 0 Å². The second-order valence-electron chi connectivity index (χ2n) is 7.81. The lowest BCUT2D eigenvalue weighted by molar-refractivity contribution is -0.139. The Morgan fingerprint density at radius 2 is 1.47 bits per heavy atom. The molecular formula is C26H24N2O6.